The van der Waals surface area contributed by atoms with E-state index in [0.29, 0.717) is 12.6 Å². The molecule has 1 heterocycles. The number of nitrogens with zero attached hydrogens (tertiary/aromatic N) is 1. The summed E-state index contributed by atoms with van der Waals surface area (Å²) >= 11 is 0. The molecule has 1 aliphatic rings. The summed E-state index contributed by atoms with van der Waals surface area (Å²) in [6, 6.07) is 1.15. The summed E-state index contributed by atoms with van der Waals surface area (Å²) in [7, 11) is -4.33. The van der Waals surface area contributed by atoms with Crippen molar-refractivity contribution in [2.45, 2.75) is 50.1 Å². The topological polar surface area (TPSA) is 66.5 Å². The predicted octanol–water partition coefficient (Wildman–Crippen LogP) is 2.03. The van der Waals surface area contributed by atoms with Gasteiger partial charge in [-0.25, -0.2) is 17.2 Å². The number of benzene rings is 1. The van der Waals surface area contributed by atoms with Crippen molar-refractivity contribution in [1.82, 2.24) is 9.62 Å². The van der Waals surface area contributed by atoms with Gasteiger partial charge in [0.25, 0.3) is 0 Å². The van der Waals surface area contributed by atoms with E-state index in [-0.39, 0.29) is 11.9 Å². The van der Waals surface area contributed by atoms with Gasteiger partial charge in [-0.3, -0.25) is 4.79 Å². The van der Waals surface area contributed by atoms with Crippen molar-refractivity contribution in [1.29, 1.82) is 0 Å². The molecule has 0 aliphatic carbocycles. The molecule has 0 radical (unpaired) electrons. The lowest BCUT2D eigenvalue weighted by atomic mass is 10.0. The van der Waals surface area contributed by atoms with Crippen molar-refractivity contribution < 1.29 is 22.0 Å². The molecule has 1 saturated heterocycles. The SMILES string of the molecule is C[C@H](NS(=O)(=O)c1cc(F)ccc1F)C(=O)N1CCCC[C@H]1C. The lowest BCUT2D eigenvalue weighted by molar-refractivity contribution is -0.135. The van der Waals surface area contributed by atoms with Gasteiger partial charge in [0.2, 0.25) is 15.9 Å². The molecule has 0 unspecified atom stereocenters. The summed E-state index contributed by atoms with van der Waals surface area (Å²) < 4.78 is 53.4. The fourth-order valence-corrected chi connectivity index (χ4v) is 3.99. The minimum Gasteiger partial charge on any atom is -0.339 e. The number of rotatable bonds is 4. The van der Waals surface area contributed by atoms with E-state index in [1.165, 1.54) is 6.92 Å². The molecule has 2 atom stereocenters. The van der Waals surface area contributed by atoms with Gasteiger partial charge in [-0.15, -0.1) is 0 Å². The van der Waals surface area contributed by atoms with Crippen LogP contribution in [-0.4, -0.2) is 37.9 Å². The molecular formula is C15H20F2N2O3S. The molecule has 0 bridgehead atoms. The van der Waals surface area contributed by atoms with Gasteiger partial charge in [0, 0.05) is 12.6 Å². The maximum Gasteiger partial charge on any atom is 0.244 e. The average Bonchev–Trinajstić information content (AvgIpc) is 2.49. The standard InChI is InChI=1S/C15H20F2N2O3S/c1-10-5-3-4-8-19(10)15(20)11(2)18-23(21,22)14-9-12(16)6-7-13(14)17/h6-7,9-11,18H,3-5,8H2,1-2H3/t10-,11+/m1/s1. The first-order valence-corrected chi connectivity index (χ1v) is 8.98. The van der Waals surface area contributed by atoms with E-state index in [1.54, 1.807) is 4.90 Å². The van der Waals surface area contributed by atoms with E-state index in [9.17, 15) is 22.0 Å². The highest BCUT2D eigenvalue weighted by atomic mass is 32.2. The van der Waals surface area contributed by atoms with E-state index in [4.69, 9.17) is 0 Å². The Bertz CT molecular complexity index is 694. The number of likely N-dealkylation sites (tertiary alicyclic amines) is 1. The number of nitrogens with one attached hydrogen (secondary N) is 1. The minimum absolute atomic E-state index is 0.0362. The maximum absolute atomic E-state index is 13.7. The van der Waals surface area contributed by atoms with Gasteiger partial charge in [-0.05, 0) is 51.3 Å². The molecule has 2 rings (SSSR count). The smallest absolute Gasteiger partial charge is 0.244 e. The van der Waals surface area contributed by atoms with Crippen molar-refractivity contribution in [3.8, 4) is 0 Å². The fourth-order valence-electron chi connectivity index (χ4n) is 2.70. The zero-order valence-electron chi connectivity index (χ0n) is 13.1. The Morgan fingerprint density at radius 2 is 2.04 bits per heavy atom. The zero-order valence-corrected chi connectivity index (χ0v) is 13.9. The van der Waals surface area contributed by atoms with Crippen molar-refractivity contribution in [3.05, 3.63) is 29.8 Å². The third-order valence-corrected chi connectivity index (χ3v) is 5.53. The quantitative estimate of drug-likeness (QED) is 0.907. The van der Waals surface area contributed by atoms with Crippen LogP contribution in [0.2, 0.25) is 0 Å². The summed E-state index contributed by atoms with van der Waals surface area (Å²) in [5.74, 6) is -2.29. The molecule has 1 aromatic rings. The molecule has 23 heavy (non-hydrogen) atoms. The number of hydrogen-bond donors (Lipinski definition) is 1. The lowest BCUT2D eigenvalue weighted by Crippen LogP contribution is -2.51. The first-order valence-electron chi connectivity index (χ1n) is 7.50. The van der Waals surface area contributed by atoms with Crippen LogP contribution in [-0.2, 0) is 14.8 Å². The summed E-state index contributed by atoms with van der Waals surface area (Å²) in [5, 5.41) is 0. The van der Waals surface area contributed by atoms with Crippen LogP contribution in [0.3, 0.4) is 0 Å². The highest BCUT2D eigenvalue weighted by molar-refractivity contribution is 7.89. The van der Waals surface area contributed by atoms with Crippen LogP contribution < -0.4 is 4.72 Å². The predicted molar refractivity (Wildman–Crippen MR) is 81.2 cm³/mol. The number of carbonyl (C=O) groups is 1. The van der Waals surface area contributed by atoms with Crippen LogP contribution in [0.5, 0.6) is 0 Å². The van der Waals surface area contributed by atoms with Crippen LogP contribution in [0.4, 0.5) is 8.78 Å². The molecule has 1 N–H and O–H groups in total. The number of amides is 1. The second-order valence-electron chi connectivity index (χ2n) is 5.79. The normalized spacial score (nSPS) is 20.3. The maximum atomic E-state index is 13.7. The Morgan fingerprint density at radius 1 is 1.35 bits per heavy atom. The zero-order chi connectivity index (χ0) is 17.2. The van der Waals surface area contributed by atoms with Gasteiger partial charge < -0.3 is 4.90 Å². The van der Waals surface area contributed by atoms with Gasteiger partial charge in [-0.2, -0.15) is 4.72 Å². The molecule has 0 aromatic heterocycles. The van der Waals surface area contributed by atoms with Crippen molar-refractivity contribution in [3.63, 3.8) is 0 Å². The van der Waals surface area contributed by atoms with E-state index < -0.39 is 32.6 Å². The first kappa shape index (κ1) is 17.8. The summed E-state index contributed by atoms with van der Waals surface area (Å²) in [5.41, 5.74) is 0. The molecule has 0 saturated carbocycles. The summed E-state index contributed by atoms with van der Waals surface area (Å²) in [4.78, 5) is 13.2. The van der Waals surface area contributed by atoms with Crippen LogP contribution in [0.25, 0.3) is 0 Å². The molecule has 5 nitrogen and oxygen atoms in total. The number of sulfonamides is 1. The molecule has 1 amide bonds. The number of piperidine rings is 1. The van der Waals surface area contributed by atoms with Crippen LogP contribution in [0, 0.1) is 11.6 Å². The second kappa shape index (κ2) is 6.92. The molecule has 8 heteroatoms. The Kier molecular flexibility index (Phi) is 5.36. The Balaban J connectivity index is 2.16. The Hall–Kier alpha value is -1.54. The van der Waals surface area contributed by atoms with Crippen LogP contribution in [0.1, 0.15) is 33.1 Å². The van der Waals surface area contributed by atoms with Crippen molar-refractivity contribution in [2.75, 3.05) is 6.54 Å². The molecular weight excluding hydrogens is 326 g/mol. The van der Waals surface area contributed by atoms with Crippen molar-refractivity contribution in [2.24, 2.45) is 0 Å². The Morgan fingerprint density at radius 3 is 2.70 bits per heavy atom. The second-order valence-corrected chi connectivity index (χ2v) is 7.48. The number of carbonyl (C=O) groups excluding carboxylic acids is 1. The largest absolute Gasteiger partial charge is 0.339 e. The van der Waals surface area contributed by atoms with Gasteiger partial charge in [0.1, 0.15) is 16.5 Å². The molecule has 1 fully saturated rings. The molecule has 1 aliphatic heterocycles. The lowest BCUT2D eigenvalue weighted by Gasteiger charge is -2.35. The number of halogens is 2. The third-order valence-electron chi connectivity index (χ3n) is 3.97. The van der Waals surface area contributed by atoms with Gasteiger partial charge >= 0.3 is 0 Å². The highest BCUT2D eigenvalue weighted by Crippen LogP contribution is 2.19. The van der Waals surface area contributed by atoms with Crippen molar-refractivity contribution >= 4 is 15.9 Å². The molecule has 128 valence electrons. The first-order chi connectivity index (χ1) is 10.7. The number of hydrogen-bond acceptors (Lipinski definition) is 3. The minimum atomic E-state index is -4.33. The fraction of sp³-hybridized carbons (Fsp3) is 0.533. The van der Waals surface area contributed by atoms with E-state index >= 15 is 0 Å². The monoisotopic (exact) mass is 346 g/mol. The van der Waals surface area contributed by atoms with Gasteiger partial charge in [-0.1, -0.05) is 0 Å². The Labute approximate surface area is 134 Å². The van der Waals surface area contributed by atoms with E-state index in [1.807, 2.05) is 6.92 Å². The van der Waals surface area contributed by atoms with E-state index in [0.717, 1.165) is 31.4 Å². The van der Waals surface area contributed by atoms with Gasteiger partial charge in [0.05, 0.1) is 6.04 Å². The highest BCUT2D eigenvalue weighted by Gasteiger charge is 2.30. The van der Waals surface area contributed by atoms with E-state index in [2.05, 4.69) is 4.72 Å². The third kappa shape index (κ3) is 4.06. The average molecular weight is 346 g/mol. The van der Waals surface area contributed by atoms with Crippen LogP contribution >= 0.6 is 0 Å². The molecule has 1 aromatic carbocycles. The van der Waals surface area contributed by atoms with Crippen LogP contribution in [0.15, 0.2) is 23.1 Å². The summed E-state index contributed by atoms with van der Waals surface area (Å²) in [6.45, 7) is 3.88. The summed E-state index contributed by atoms with van der Waals surface area (Å²) in [6.07, 6.45) is 2.76. The van der Waals surface area contributed by atoms with Gasteiger partial charge in [0.15, 0.2) is 0 Å². The molecule has 0 spiro atoms.